The molecule has 1 aliphatic heterocycles. The summed E-state index contributed by atoms with van der Waals surface area (Å²) in [5.41, 5.74) is 3.86. The first-order valence-corrected chi connectivity index (χ1v) is 8.96. The minimum atomic E-state index is -0.000707. The molecule has 0 bridgehead atoms. The van der Waals surface area contributed by atoms with Gasteiger partial charge in [0, 0.05) is 37.4 Å². The van der Waals surface area contributed by atoms with Crippen LogP contribution in [0.15, 0.2) is 29.8 Å². The highest BCUT2D eigenvalue weighted by Crippen LogP contribution is 2.19. The van der Waals surface area contributed by atoms with Gasteiger partial charge in [0.25, 0.3) is 0 Å². The van der Waals surface area contributed by atoms with Crippen LogP contribution in [0, 0.1) is 13.8 Å². The van der Waals surface area contributed by atoms with E-state index < -0.39 is 0 Å². The third-order valence-electron chi connectivity index (χ3n) is 4.62. The Labute approximate surface area is 150 Å². The molecule has 1 heterocycles. The van der Waals surface area contributed by atoms with Crippen LogP contribution in [0.1, 0.15) is 31.4 Å². The second-order valence-corrected chi connectivity index (χ2v) is 6.68. The Morgan fingerprint density at radius 1 is 1.12 bits per heavy atom. The Bertz CT molecular complexity index is 639. The van der Waals surface area contributed by atoms with Crippen LogP contribution in [0.25, 0.3) is 0 Å². The number of anilines is 1. The van der Waals surface area contributed by atoms with E-state index in [1.807, 2.05) is 56.9 Å². The fraction of sp³-hybridized carbons (Fsp3) is 0.500. The number of carbonyl (C=O) groups is 2. The van der Waals surface area contributed by atoms with E-state index in [4.69, 9.17) is 0 Å². The first-order chi connectivity index (χ1) is 11.9. The van der Waals surface area contributed by atoms with Gasteiger partial charge >= 0.3 is 0 Å². The monoisotopic (exact) mass is 343 g/mol. The fourth-order valence-electron chi connectivity index (χ4n) is 3.15. The molecule has 1 N–H and O–H groups in total. The van der Waals surface area contributed by atoms with Gasteiger partial charge in [-0.05, 0) is 38.3 Å². The highest BCUT2D eigenvalue weighted by atomic mass is 16.2. The Hall–Kier alpha value is -2.14. The van der Waals surface area contributed by atoms with E-state index in [1.54, 1.807) is 0 Å². The first kappa shape index (κ1) is 19.2. The Balaban J connectivity index is 1.85. The predicted octanol–water partition coefficient (Wildman–Crippen LogP) is 2.74. The lowest BCUT2D eigenvalue weighted by atomic mass is 10.1. The van der Waals surface area contributed by atoms with Crippen molar-refractivity contribution in [3.8, 4) is 0 Å². The van der Waals surface area contributed by atoms with Gasteiger partial charge in [-0.25, -0.2) is 0 Å². The molecular formula is C20H29N3O2. The number of piperazine rings is 1. The molecule has 5 nitrogen and oxygen atoms in total. The number of allylic oxidation sites excluding steroid dienone is 1. The minimum absolute atomic E-state index is 0.000707. The summed E-state index contributed by atoms with van der Waals surface area (Å²) in [6.07, 6.45) is 2.84. The van der Waals surface area contributed by atoms with Crippen molar-refractivity contribution in [2.24, 2.45) is 0 Å². The van der Waals surface area contributed by atoms with Crippen LogP contribution < -0.4 is 5.32 Å². The van der Waals surface area contributed by atoms with E-state index in [1.165, 1.54) is 0 Å². The van der Waals surface area contributed by atoms with Crippen LogP contribution in [0.4, 0.5) is 5.69 Å². The number of para-hydroxylation sites is 1. The summed E-state index contributed by atoms with van der Waals surface area (Å²) in [5, 5.41) is 3.02. The van der Waals surface area contributed by atoms with Crippen LogP contribution in [-0.2, 0) is 9.59 Å². The third-order valence-corrected chi connectivity index (χ3v) is 4.62. The van der Waals surface area contributed by atoms with Crippen LogP contribution in [0.5, 0.6) is 0 Å². The maximum Gasteiger partial charge on any atom is 0.249 e. The summed E-state index contributed by atoms with van der Waals surface area (Å²) in [5.74, 6) is 0.112. The second kappa shape index (κ2) is 8.81. The lowest BCUT2D eigenvalue weighted by molar-refractivity contribution is -0.129. The topological polar surface area (TPSA) is 52.7 Å². The van der Waals surface area contributed by atoms with Gasteiger partial charge in [-0.1, -0.05) is 31.2 Å². The van der Waals surface area contributed by atoms with E-state index in [0.717, 1.165) is 41.9 Å². The van der Waals surface area contributed by atoms with E-state index in [-0.39, 0.29) is 11.8 Å². The maximum atomic E-state index is 12.4. The molecule has 2 rings (SSSR count). The van der Waals surface area contributed by atoms with Gasteiger partial charge in [-0.15, -0.1) is 0 Å². The van der Waals surface area contributed by atoms with Gasteiger partial charge in [-0.3, -0.25) is 14.5 Å². The lowest BCUT2D eigenvalue weighted by Gasteiger charge is -2.34. The van der Waals surface area contributed by atoms with E-state index in [2.05, 4.69) is 10.2 Å². The molecule has 0 aromatic heterocycles. The molecule has 25 heavy (non-hydrogen) atoms. The van der Waals surface area contributed by atoms with Crippen molar-refractivity contribution in [3.05, 3.63) is 41.0 Å². The van der Waals surface area contributed by atoms with Crippen LogP contribution in [0.3, 0.4) is 0 Å². The van der Waals surface area contributed by atoms with Gasteiger partial charge < -0.3 is 10.2 Å². The SMILES string of the molecule is CC/C=C(\C)C(=O)N1CCN(CC(=O)Nc2c(C)cccc2C)CC1. The third kappa shape index (κ3) is 5.16. The standard InChI is InChI=1S/C20H29N3O2/c1-5-7-17(4)20(25)23-12-10-22(11-13-23)14-18(24)21-19-15(2)8-6-9-16(19)3/h6-9H,5,10-14H2,1-4H3,(H,21,24)/b17-7+. The maximum absolute atomic E-state index is 12.4. The molecule has 2 amide bonds. The van der Waals surface area contributed by atoms with Gasteiger partial charge in [0.2, 0.25) is 11.8 Å². The first-order valence-electron chi connectivity index (χ1n) is 8.96. The molecule has 0 saturated carbocycles. The molecule has 0 radical (unpaired) electrons. The minimum Gasteiger partial charge on any atom is -0.336 e. The highest BCUT2D eigenvalue weighted by Gasteiger charge is 2.23. The van der Waals surface area contributed by atoms with Gasteiger partial charge in [0.05, 0.1) is 6.54 Å². The number of benzene rings is 1. The predicted molar refractivity (Wildman–Crippen MR) is 102 cm³/mol. The van der Waals surface area contributed by atoms with E-state index in [9.17, 15) is 9.59 Å². The molecule has 0 spiro atoms. The number of nitrogens with one attached hydrogen (secondary N) is 1. The normalized spacial score (nSPS) is 16.0. The zero-order chi connectivity index (χ0) is 18.4. The van der Waals surface area contributed by atoms with E-state index >= 15 is 0 Å². The lowest BCUT2D eigenvalue weighted by Crippen LogP contribution is -2.50. The molecule has 1 saturated heterocycles. The molecule has 1 aromatic carbocycles. The summed E-state index contributed by atoms with van der Waals surface area (Å²) in [6.45, 7) is 11.1. The van der Waals surface area contributed by atoms with Crippen LogP contribution in [0.2, 0.25) is 0 Å². The number of aryl methyl sites for hydroxylation is 2. The molecule has 5 heteroatoms. The Kier molecular flexibility index (Phi) is 6.76. The van der Waals surface area contributed by atoms with Crippen molar-refractivity contribution in [1.29, 1.82) is 0 Å². The smallest absolute Gasteiger partial charge is 0.249 e. The van der Waals surface area contributed by atoms with Crippen molar-refractivity contribution in [2.75, 3.05) is 38.0 Å². The number of carbonyl (C=O) groups excluding carboxylic acids is 2. The molecule has 136 valence electrons. The van der Waals surface area contributed by atoms with Crippen molar-refractivity contribution < 1.29 is 9.59 Å². The quantitative estimate of drug-likeness (QED) is 0.837. The summed E-state index contributed by atoms with van der Waals surface area (Å²) in [7, 11) is 0. The molecular weight excluding hydrogens is 314 g/mol. The zero-order valence-corrected chi connectivity index (χ0v) is 15.8. The summed E-state index contributed by atoms with van der Waals surface area (Å²) in [4.78, 5) is 28.6. The summed E-state index contributed by atoms with van der Waals surface area (Å²) in [6, 6.07) is 5.99. The Morgan fingerprint density at radius 2 is 1.72 bits per heavy atom. The zero-order valence-electron chi connectivity index (χ0n) is 15.8. The molecule has 1 aliphatic rings. The number of hydrogen-bond donors (Lipinski definition) is 1. The number of nitrogens with zero attached hydrogens (tertiary/aromatic N) is 2. The molecule has 1 fully saturated rings. The summed E-state index contributed by atoms with van der Waals surface area (Å²) >= 11 is 0. The average molecular weight is 343 g/mol. The van der Waals surface area contributed by atoms with E-state index in [0.29, 0.717) is 19.6 Å². The van der Waals surface area contributed by atoms with Crippen LogP contribution in [-0.4, -0.2) is 54.3 Å². The number of rotatable bonds is 5. The van der Waals surface area contributed by atoms with Gasteiger partial charge in [0.15, 0.2) is 0 Å². The number of amides is 2. The molecule has 0 atom stereocenters. The Morgan fingerprint density at radius 3 is 2.28 bits per heavy atom. The fourth-order valence-corrected chi connectivity index (χ4v) is 3.15. The van der Waals surface area contributed by atoms with Crippen molar-refractivity contribution in [2.45, 2.75) is 34.1 Å². The van der Waals surface area contributed by atoms with Crippen molar-refractivity contribution in [3.63, 3.8) is 0 Å². The van der Waals surface area contributed by atoms with Crippen LogP contribution >= 0.6 is 0 Å². The molecule has 0 unspecified atom stereocenters. The molecule has 0 aliphatic carbocycles. The van der Waals surface area contributed by atoms with Gasteiger partial charge in [-0.2, -0.15) is 0 Å². The average Bonchev–Trinajstić information content (AvgIpc) is 2.58. The number of hydrogen-bond acceptors (Lipinski definition) is 3. The highest BCUT2D eigenvalue weighted by molar-refractivity contribution is 5.94. The van der Waals surface area contributed by atoms with Crippen molar-refractivity contribution >= 4 is 17.5 Å². The molecule has 1 aromatic rings. The summed E-state index contributed by atoms with van der Waals surface area (Å²) < 4.78 is 0. The second-order valence-electron chi connectivity index (χ2n) is 6.68. The largest absolute Gasteiger partial charge is 0.336 e. The van der Waals surface area contributed by atoms with Crippen molar-refractivity contribution in [1.82, 2.24) is 9.80 Å². The van der Waals surface area contributed by atoms with Gasteiger partial charge in [0.1, 0.15) is 0 Å².